The molecule has 0 bridgehead atoms. The fraction of sp³-hybridized carbons (Fsp3) is 0.167. The number of sulfonamides is 1. The molecule has 112 valence electrons. The first-order valence-corrected chi connectivity index (χ1v) is 7.38. The van der Waals surface area contributed by atoms with Crippen LogP contribution in [-0.2, 0) is 23.6 Å². The average Bonchev–Trinajstić information content (AvgIpc) is 2.82. The number of benzene rings is 1. The van der Waals surface area contributed by atoms with Crippen LogP contribution in [0.3, 0.4) is 0 Å². The average molecular weight is 310 g/mol. The second-order valence-corrected chi connectivity index (χ2v) is 6.14. The van der Waals surface area contributed by atoms with E-state index in [1.54, 1.807) is 24.1 Å². The van der Waals surface area contributed by atoms with Gasteiger partial charge in [0.05, 0.1) is 17.4 Å². The summed E-state index contributed by atoms with van der Waals surface area (Å²) in [6.07, 6.45) is 3.22. The Labute approximate surface area is 121 Å². The van der Waals surface area contributed by atoms with Crippen molar-refractivity contribution in [3.8, 4) is 0 Å². The Morgan fingerprint density at radius 2 is 2.19 bits per heavy atom. The molecule has 0 aliphatic carbocycles. The van der Waals surface area contributed by atoms with Crippen LogP contribution in [0.15, 0.2) is 35.5 Å². The molecule has 0 unspecified atom stereocenters. The van der Waals surface area contributed by atoms with Gasteiger partial charge in [-0.3, -0.25) is 4.68 Å². The van der Waals surface area contributed by atoms with Gasteiger partial charge in [0.2, 0.25) is 10.0 Å². The Balaban J connectivity index is 2.21. The number of hydrogen-bond acceptors (Lipinski definition) is 5. The van der Waals surface area contributed by atoms with Gasteiger partial charge >= 0.3 is 5.97 Å². The monoisotopic (exact) mass is 310 g/mol. The van der Waals surface area contributed by atoms with Crippen molar-refractivity contribution in [2.45, 2.75) is 11.4 Å². The van der Waals surface area contributed by atoms with E-state index in [2.05, 4.69) is 9.82 Å². The minimum absolute atomic E-state index is 0.0658. The van der Waals surface area contributed by atoms with Gasteiger partial charge in [-0.05, 0) is 18.2 Å². The standard InChI is InChI=1S/C12H14N4O4S/c1-16-7-8(5-14-16)6-15-21(19,20)11-3-2-9(12(17)18)4-10(11)13/h2-5,7,15H,6,13H2,1H3,(H,17,18). The highest BCUT2D eigenvalue weighted by molar-refractivity contribution is 7.89. The predicted molar refractivity (Wildman–Crippen MR) is 75.0 cm³/mol. The number of nitrogen functional groups attached to an aromatic ring is 1. The van der Waals surface area contributed by atoms with Gasteiger partial charge in [-0.25, -0.2) is 17.9 Å². The second-order valence-electron chi connectivity index (χ2n) is 4.40. The SMILES string of the molecule is Cn1cc(CNS(=O)(=O)c2ccc(C(=O)O)cc2N)cn1. The topological polar surface area (TPSA) is 127 Å². The maximum Gasteiger partial charge on any atom is 0.335 e. The van der Waals surface area contributed by atoms with E-state index in [1.807, 2.05) is 0 Å². The third-order valence-electron chi connectivity index (χ3n) is 2.77. The summed E-state index contributed by atoms with van der Waals surface area (Å²) in [5.41, 5.74) is 6.13. The van der Waals surface area contributed by atoms with Crippen LogP contribution in [0.2, 0.25) is 0 Å². The molecule has 0 radical (unpaired) electrons. The smallest absolute Gasteiger partial charge is 0.335 e. The summed E-state index contributed by atoms with van der Waals surface area (Å²) in [5.74, 6) is -1.17. The largest absolute Gasteiger partial charge is 0.478 e. The highest BCUT2D eigenvalue weighted by Gasteiger charge is 2.18. The summed E-state index contributed by atoms with van der Waals surface area (Å²) in [5, 5.41) is 12.8. The molecule has 2 aromatic rings. The maximum atomic E-state index is 12.1. The molecule has 0 aliphatic rings. The van der Waals surface area contributed by atoms with Crippen LogP contribution in [-0.4, -0.2) is 29.3 Å². The highest BCUT2D eigenvalue weighted by Crippen LogP contribution is 2.20. The third kappa shape index (κ3) is 3.38. The van der Waals surface area contributed by atoms with Crippen molar-refractivity contribution in [1.29, 1.82) is 0 Å². The lowest BCUT2D eigenvalue weighted by atomic mass is 10.2. The van der Waals surface area contributed by atoms with Crippen LogP contribution in [0.25, 0.3) is 0 Å². The van der Waals surface area contributed by atoms with Gasteiger partial charge in [0.15, 0.2) is 0 Å². The number of aromatic nitrogens is 2. The van der Waals surface area contributed by atoms with E-state index in [0.29, 0.717) is 5.56 Å². The number of nitrogens with zero attached hydrogens (tertiary/aromatic N) is 2. The van der Waals surface area contributed by atoms with Crippen molar-refractivity contribution in [2.75, 3.05) is 5.73 Å². The number of carboxylic acid groups (broad SMARTS) is 1. The van der Waals surface area contributed by atoms with Crippen molar-refractivity contribution in [1.82, 2.24) is 14.5 Å². The van der Waals surface area contributed by atoms with Crippen LogP contribution in [0.5, 0.6) is 0 Å². The van der Waals surface area contributed by atoms with Gasteiger partial charge in [-0.15, -0.1) is 0 Å². The number of carboxylic acids is 1. The van der Waals surface area contributed by atoms with Crippen LogP contribution >= 0.6 is 0 Å². The third-order valence-corrected chi connectivity index (χ3v) is 4.25. The Kier molecular flexibility index (Phi) is 3.96. The van der Waals surface area contributed by atoms with Crippen LogP contribution in [0.1, 0.15) is 15.9 Å². The fourth-order valence-corrected chi connectivity index (χ4v) is 2.87. The molecule has 0 spiro atoms. The minimum Gasteiger partial charge on any atom is -0.478 e. The van der Waals surface area contributed by atoms with Crippen molar-refractivity contribution >= 4 is 21.7 Å². The molecular weight excluding hydrogens is 296 g/mol. The van der Waals surface area contributed by atoms with Gasteiger partial charge in [0.1, 0.15) is 4.90 Å². The van der Waals surface area contributed by atoms with E-state index < -0.39 is 16.0 Å². The first-order chi connectivity index (χ1) is 9.79. The number of aryl methyl sites for hydroxylation is 1. The van der Waals surface area contributed by atoms with E-state index in [4.69, 9.17) is 10.8 Å². The molecule has 0 saturated carbocycles. The van der Waals surface area contributed by atoms with Crippen LogP contribution < -0.4 is 10.5 Å². The van der Waals surface area contributed by atoms with Crippen molar-refractivity contribution in [2.24, 2.45) is 7.05 Å². The summed E-state index contributed by atoms with van der Waals surface area (Å²) in [6, 6.07) is 3.47. The predicted octanol–water partition coefficient (Wildman–Crippen LogP) is 0.179. The lowest BCUT2D eigenvalue weighted by Gasteiger charge is -2.09. The molecule has 1 aromatic heterocycles. The maximum absolute atomic E-state index is 12.1. The molecule has 8 nitrogen and oxygen atoms in total. The molecule has 1 aromatic carbocycles. The molecule has 0 amide bonds. The minimum atomic E-state index is -3.83. The van der Waals surface area contributed by atoms with Crippen molar-refractivity contribution in [3.05, 3.63) is 41.7 Å². The first kappa shape index (κ1) is 15.0. The quantitative estimate of drug-likeness (QED) is 0.676. The van der Waals surface area contributed by atoms with Gasteiger partial charge in [0, 0.05) is 25.4 Å². The van der Waals surface area contributed by atoms with Crippen molar-refractivity contribution < 1.29 is 18.3 Å². The molecule has 1 heterocycles. The zero-order valence-corrected chi connectivity index (χ0v) is 12.0. The molecule has 0 atom stereocenters. The van der Waals surface area contributed by atoms with E-state index in [0.717, 1.165) is 6.07 Å². The van der Waals surface area contributed by atoms with Gasteiger partial charge < -0.3 is 10.8 Å². The van der Waals surface area contributed by atoms with Crippen molar-refractivity contribution in [3.63, 3.8) is 0 Å². The number of rotatable bonds is 5. The summed E-state index contributed by atoms with van der Waals surface area (Å²) in [7, 11) is -2.10. The molecular formula is C12H14N4O4S. The lowest BCUT2D eigenvalue weighted by Crippen LogP contribution is -2.24. The molecule has 0 saturated heterocycles. The van der Waals surface area contributed by atoms with Gasteiger partial charge in [0.25, 0.3) is 0 Å². The highest BCUT2D eigenvalue weighted by atomic mass is 32.2. The number of nitrogens with one attached hydrogen (secondary N) is 1. The van der Waals surface area contributed by atoms with Gasteiger partial charge in [-0.2, -0.15) is 5.10 Å². The summed E-state index contributed by atoms with van der Waals surface area (Å²) < 4.78 is 28.2. The molecule has 21 heavy (non-hydrogen) atoms. The number of anilines is 1. The molecule has 0 aliphatic heterocycles. The zero-order valence-electron chi connectivity index (χ0n) is 11.1. The van der Waals surface area contributed by atoms with E-state index >= 15 is 0 Å². The van der Waals surface area contributed by atoms with Gasteiger partial charge in [-0.1, -0.05) is 0 Å². The van der Waals surface area contributed by atoms with E-state index in [-0.39, 0.29) is 22.7 Å². The molecule has 0 fully saturated rings. The number of nitrogens with two attached hydrogens (primary N) is 1. The summed E-state index contributed by atoms with van der Waals surface area (Å²) >= 11 is 0. The Hall–Kier alpha value is -2.39. The van der Waals surface area contributed by atoms with Crippen LogP contribution in [0, 0.1) is 0 Å². The second kappa shape index (κ2) is 5.54. The molecule has 2 rings (SSSR count). The van der Waals surface area contributed by atoms with Crippen LogP contribution in [0.4, 0.5) is 5.69 Å². The number of carbonyl (C=O) groups is 1. The Bertz CT molecular complexity index is 782. The molecule has 4 N–H and O–H groups in total. The Morgan fingerprint density at radius 1 is 1.48 bits per heavy atom. The summed E-state index contributed by atoms with van der Waals surface area (Å²) in [4.78, 5) is 10.6. The first-order valence-electron chi connectivity index (χ1n) is 5.89. The number of hydrogen-bond donors (Lipinski definition) is 3. The number of aromatic carboxylic acids is 1. The lowest BCUT2D eigenvalue weighted by molar-refractivity contribution is 0.0697. The van der Waals surface area contributed by atoms with E-state index in [9.17, 15) is 13.2 Å². The summed E-state index contributed by atoms with van der Waals surface area (Å²) in [6.45, 7) is 0.0658. The zero-order chi connectivity index (χ0) is 15.6. The normalized spacial score (nSPS) is 11.5. The Morgan fingerprint density at radius 3 is 2.71 bits per heavy atom. The fourth-order valence-electron chi connectivity index (χ4n) is 1.75. The van der Waals surface area contributed by atoms with E-state index in [1.165, 1.54) is 12.1 Å². The molecule has 9 heteroatoms.